The van der Waals surface area contributed by atoms with Gasteiger partial charge < -0.3 is 14.4 Å². The van der Waals surface area contributed by atoms with E-state index in [1.165, 1.54) is 25.0 Å². The van der Waals surface area contributed by atoms with Crippen molar-refractivity contribution in [1.29, 1.82) is 0 Å². The summed E-state index contributed by atoms with van der Waals surface area (Å²) in [6, 6.07) is 17.6. The van der Waals surface area contributed by atoms with Crippen molar-refractivity contribution in [3.63, 3.8) is 0 Å². The fourth-order valence-corrected chi connectivity index (χ4v) is 4.21. The van der Waals surface area contributed by atoms with E-state index in [0.717, 1.165) is 35.3 Å². The molecule has 5 nitrogen and oxygen atoms in total. The normalized spacial score (nSPS) is 14.0. The van der Waals surface area contributed by atoms with E-state index in [0.29, 0.717) is 16.9 Å². The van der Waals surface area contributed by atoms with Gasteiger partial charge in [0.1, 0.15) is 11.3 Å². The molecular weight excluding hydrogens is 366 g/mol. The Bertz CT molecular complexity index is 1270. The zero-order valence-electron chi connectivity index (χ0n) is 15.7. The summed E-state index contributed by atoms with van der Waals surface area (Å²) in [7, 11) is 0. The molecule has 0 unspecified atom stereocenters. The summed E-state index contributed by atoms with van der Waals surface area (Å²) in [5.74, 6) is -0.532. The van der Waals surface area contributed by atoms with E-state index in [4.69, 9.17) is 4.42 Å². The van der Waals surface area contributed by atoms with Crippen molar-refractivity contribution >= 4 is 22.6 Å². The van der Waals surface area contributed by atoms with Gasteiger partial charge in [0.25, 0.3) is 0 Å². The number of carboxylic acids is 1. The first-order valence-corrected chi connectivity index (χ1v) is 9.70. The number of hydrogen-bond acceptors (Lipinski definition) is 4. The summed E-state index contributed by atoms with van der Waals surface area (Å²) >= 11 is 0. The molecule has 2 aromatic rings. The molecule has 0 atom stereocenters. The van der Waals surface area contributed by atoms with Crippen LogP contribution in [0.3, 0.4) is 0 Å². The van der Waals surface area contributed by atoms with Crippen molar-refractivity contribution in [3.05, 3.63) is 76.5 Å². The Morgan fingerprint density at radius 1 is 0.931 bits per heavy atom. The van der Waals surface area contributed by atoms with E-state index in [-0.39, 0.29) is 11.0 Å². The van der Waals surface area contributed by atoms with Crippen LogP contribution in [0, 0.1) is 0 Å². The first kappa shape index (κ1) is 17.5. The van der Waals surface area contributed by atoms with E-state index < -0.39 is 5.97 Å². The molecule has 5 rings (SSSR count). The van der Waals surface area contributed by atoms with Crippen LogP contribution < -0.4 is 10.3 Å². The highest BCUT2D eigenvalue weighted by Gasteiger charge is 2.22. The number of benzene rings is 3. The third kappa shape index (κ3) is 2.95. The Balaban J connectivity index is 1.85. The van der Waals surface area contributed by atoms with Gasteiger partial charge in [-0.05, 0) is 48.7 Å². The molecule has 2 aromatic carbocycles. The van der Waals surface area contributed by atoms with Crippen molar-refractivity contribution in [2.24, 2.45) is 0 Å². The molecule has 1 saturated heterocycles. The van der Waals surface area contributed by atoms with Crippen molar-refractivity contribution in [3.8, 4) is 22.5 Å². The largest absolute Gasteiger partial charge is 0.478 e. The van der Waals surface area contributed by atoms with Crippen LogP contribution in [0.5, 0.6) is 0 Å². The first-order valence-electron chi connectivity index (χ1n) is 9.70. The number of nitrogens with zero attached hydrogens (tertiary/aromatic N) is 1. The second kappa shape index (κ2) is 6.78. The average molecular weight is 385 g/mol. The molecule has 0 spiro atoms. The van der Waals surface area contributed by atoms with Gasteiger partial charge in [-0.25, -0.2) is 4.79 Å². The highest BCUT2D eigenvalue weighted by molar-refractivity contribution is 6.07. The highest BCUT2D eigenvalue weighted by atomic mass is 16.4. The Labute approximate surface area is 167 Å². The standard InChI is InChI=1S/C24H19NO4/c26-16-8-10-20-22(14-16)29-21-13-15(25-11-3-4-12-25)7-9-19(21)23(20)17-5-1-2-6-18(17)24(27)28/h1-2,5-10,13-14H,3-4,11-12H2,(H,27,28). The van der Waals surface area contributed by atoms with Crippen LogP contribution in [-0.4, -0.2) is 24.2 Å². The van der Waals surface area contributed by atoms with Gasteiger partial charge in [0.2, 0.25) is 0 Å². The van der Waals surface area contributed by atoms with Gasteiger partial charge in [0.05, 0.1) is 5.56 Å². The minimum Gasteiger partial charge on any atom is -0.478 e. The summed E-state index contributed by atoms with van der Waals surface area (Å²) in [4.78, 5) is 26.1. The van der Waals surface area contributed by atoms with Gasteiger partial charge in [-0.15, -0.1) is 0 Å². The second-order valence-electron chi connectivity index (χ2n) is 7.36. The van der Waals surface area contributed by atoms with Crippen molar-refractivity contribution in [2.45, 2.75) is 12.8 Å². The molecule has 1 aliphatic carbocycles. The minimum atomic E-state index is -0.989. The minimum absolute atomic E-state index is 0.145. The van der Waals surface area contributed by atoms with Crippen molar-refractivity contribution in [2.75, 3.05) is 18.0 Å². The van der Waals surface area contributed by atoms with Gasteiger partial charge in [-0.1, -0.05) is 18.2 Å². The highest BCUT2D eigenvalue weighted by Crippen LogP contribution is 2.42. The summed E-state index contributed by atoms with van der Waals surface area (Å²) in [5, 5.41) is 10.5. The van der Waals surface area contributed by atoms with E-state index in [9.17, 15) is 14.7 Å². The third-order valence-corrected chi connectivity index (χ3v) is 5.57. The molecule has 29 heavy (non-hydrogen) atoms. The van der Waals surface area contributed by atoms with E-state index >= 15 is 0 Å². The third-order valence-electron chi connectivity index (χ3n) is 5.57. The number of rotatable bonds is 3. The molecule has 144 valence electrons. The summed E-state index contributed by atoms with van der Waals surface area (Å²) < 4.78 is 6.12. The fourth-order valence-electron chi connectivity index (χ4n) is 4.21. The van der Waals surface area contributed by atoms with Crippen LogP contribution in [0.2, 0.25) is 0 Å². The number of anilines is 1. The average Bonchev–Trinajstić information content (AvgIpc) is 3.26. The maximum Gasteiger partial charge on any atom is 0.336 e. The Kier molecular flexibility index (Phi) is 4.09. The molecule has 0 saturated carbocycles. The van der Waals surface area contributed by atoms with Gasteiger partial charge in [-0.3, -0.25) is 4.79 Å². The fraction of sp³-hybridized carbons (Fsp3) is 0.167. The summed E-state index contributed by atoms with van der Waals surface area (Å²) in [5.41, 5.74) is 3.90. The Morgan fingerprint density at radius 2 is 1.72 bits per heavy atom. The zero-order valence-corrected chi connectivity index (χ0v) is 15.7. The van der Waals surface area contributed by atoms with Crippen LogP contribution in [0.4, 0.5) is 5.69 Å². The SMILES string of the molecule is O=C(O)c1ccccc1-c1c2ccc(=O)cc-2oc2cc(N3CCCC3)ccc12. The summed E-state index contributed by atoms with van der Waals surface area (Å²) in [6.45, 7) is 2.02. The van der Waals surface area contributed by atoms with Crippen LogP contribution in [0.25, 0.3) is 33.4 Å². The van der Waals surface area contributed by atoms with Crippen LogP contribution in [0.1, 0.15) is 23.2 Å². The monoisotopic (exact) mass is 385 g/mol. The van der Waals surface area contributed by atoms with Gasteiger partial charge >= 0.3 is 5.97 Å². The number of hydrogen-bond donors (Lipinski definition) is 1. The zero-order chi connectivity index (χ0) is 20.0. The molecule has 3 aliphatic rings. The number of carbonyl (C=O) groups is 1. The number of aromatic carboxylic acids is 1. The quantitative estimate of drug-likeness (QED) is 0.510. The van der Waals surface area contributed by atoms with E-state index in [2.05, 4.69) is 11.0 Å². The molecule has 1 N–H and O–H groups in total. The van der Waals surface area contributed by atoms with Crippen molar-refractivity contribution in [1.82, 2.24) is 0 Å². The van der Waals surface area contributed by atoms with Crippen molar-refractivity contribution < 1.29 is 14.3 Å². The topological polar surface area (TPSA) is 70.7 Å². The number of fused-ring (bicyclic) bond motifs is 2. The Morgan fingerprint density at radius 3 is 2.52 bits per heavy atom. The van der Waals surface area contributed by atoms with Crippen LogP contribution >= 0.6 is 0 Å². The number of carboxylic acid groups (broad SMARTS) is 1. The Hall–Kier alpha value is -3.60. The lowest BCUT2D eigenvalue weighted by molar-refractivity contribution is 0.0697. The smallest absolute Gasteiger partial charge is 0.336 e. The van der Waals surface area contributed by atoms with E-state index in [1.54, 1.807) is 24.3 Å². The molecule has 0 radical (unpaired) electrons. The molecule has 0 aromatic heterocycles. The maximum absolute atomic E-state index is 12.0. The maximum atomic E-state index is 12.0. The predicted molar refractivity (Wildman–Crippen MR) is 113 cm³/mol. The van der Waals surface area contributed by atoms with Gasteiger partial charge in [0.15, 0.2) is 5.43 Å². The van der Waals surface area contributed by atoms with Crippen LogP contribution in [-0.2, 0) is 0 Å². The molecule has 0 bridgehead atoms. The summed E-state index contributed by atoms with van der Waals surface area (Å²) in [6.07, 6.45) is 2.34. The lowest BCUT2D eigenvalue weighted by Crippen LogP contribution is -2.17. The molecule has 1 fully saturated rings. The lowest BCUT2D eigenvalue weighted by Gasteiger charge is -2.20. The second-order valence-corrected chi connectivity index (χ2v) is 7.36. The van der Waals surface area contributed by atoms with Gasteiger partial charge in [0, 0.05) is 47.4 Å². The lowest BCUT2D eigenvalue weighted by atomic mass is 9.91. The molecular formula is C24H19NO4. The predicted octanol–water partition coefficient (Wildman–Crippen LogP) is 4.86. The van der Waals surface area contributed by atoms with E-state index in [1.807, 2.05) is 18.2 Å². The molecule has 0 amide bonds. The first-order chi connectivity index (χ1) is 14.1. The molecule has 2 aliphatic heterocycles. The molecule has 2 heterocycles. The van der Waals surface area contributed by atoms with Gasteiger partial charge in [-0.2, -0.15) is 0 Å². The van der Waals surface area contributed by atoms with Crippen LogP contribution in [0.15, 0.2) is 69.9 Å². The molecule has 5 heteroatoms.